The molecule has 1 aromatic heterocycles. The molecule has 1 unspecified atom stereocenters. The zero-order chi connectivity index (χ0) is 18.8. The second kappa shape index (κ2) is 7.79. The third-order valence-corrected chi connectivity index (χ3v) is 6.56. The molecule has 6 heteroatoms. The highest BCUT2D eigenvalue weighted by molar-refractivity contribution is 7.99. The van der Waals surface area contributed by atoms with Gasteiger partial charge in [-0.25, -0.2) is 0 Å². The number of aromatic amines is 1. The van der Waals surface area contributed by atoms with E-state index < -0.39 is 11.7 Å². The summed E-state index contributed by atoms with van der Waals surface area (Å²) < 4.78 is 0. The van der Waals surface area contributed by atoms with Gasteiger partial charge in [0.25, 0.3) is 11.7 Å². The number of aromatic nitrogens is 1. The third-order valence-electron chi connectivity index (χ3n) is 4.91. The van der Waals surface area contributed by atoms with Crippen LogP contribution in [0.3, 0.4) is 0 Å². The Labute approximate surface area is 166 Å². The van der Waals surface area contributed by atoms with Crippen LogP contribution in [0.25, 0.3) is 10.9 Å². The Morgan fingerprint density at radius 1 is 1.07 bits per heavy atom. The number of nitrogens with zero attached hydrogens (tertiary/aromatic N) is 1. The monoisotopic (exact) mass is 398 g/mol. The average Bonchev–Trinajstić information content (AvgIpc) is 2.97. The predicted molar refractivity (Wildman–Crippen MR) is 110 cm³/mol. The summed E-state index contributed by atoms with van der Waals surface area (Å²) in [4.78, 5) is 30.4. The van der Waals surface area contributed by atoms with Crippen LogP contribution in [0.1, 0.15) is 27.6 Å². The highest BCUT2D eigenvalue weighted by Gasteiger charge is 2.28. The van der Waals surface area contributed by atoms with E-state index in [0.717, 1.165) is 33.7 Å². The molecule has 1 atom stereocenters. The van der Waals surface area contributed by atoms with E-state index >= 15 is 0 Å². The molecular formula is C21H19ClN2O2S. The van der Waals surface area contributed by atoms with E-state index in [1.807, 2.05) is 48.5 Å². The molecule has 0 aliphatic carbocycles. The molecule has 2 heterocycles. The topological polar surface area (TPSA) is 53.2 Å². The van der Waals surface area contributed by atoms with Crippen LogP contribution in [-0.2, 0) is 4.79 Å². The van der Waals surface area contributed by atoms with Crippen molar-refractivity contribution in [1.29, 1.82) is 0 Å². The normalized spacial score (nSPS) is 17.7. The molecule has 1 aliphatic rings. The molecule has 1 fully saturated rings. The van der Waals surface area contributed by atoms with Crippen molar-refractivity contribution in [2.24, 2.45) is 0 Å². The van der Waals surface area contributed by atoms with Gasteiger partial charge in [-0.05, 0) is 24.1 Å². The number of hydrogen-bond donors (Lipinski definition) is 1. The number of fused-ring (bicyclic) bond motifs is 1. The zero-order valence-corrected chi connectivity index (χ0v) is 16.2. The standard InChI is InChI=1S/C21H19ClN2O2S/c22-17-7-3-1-6-15(17)19-9-10-24(11-12-27-19)21(26)20(25)16-13-23-18-8-4-2-5-14(16)18/h1-8,13,19,23H,9-12H2. The van der Waals surface area contributed by atoms with Gasteiger partial charge in [-0.15, -0.1) is 0 Å². The van der Waals surface area contributed by atoms with Crippen molar-refractivity contribution >= 4 is 46.0 Å². The van der Waals surface area contributed by atoms with Crippen LogP contribution in [0.2, 0.25) is 5.02 Å². The summed E-state index contributed by atoms with van der Waals surface area (Å²) in [6, 6.07) is 15.4. The first-order chi connectivity index (χ1) is 13.1. The molecule has 0 bridgehead atoms. The molecule has 1 saturated heterocycles. The fourth-order valence-corrected chi connectivity index (χ4v) is 5.08. The minimum absolute atomic E-state index is 0.236. The van der Waals surface area contributed by atoms with Crippen LogP contribution in [0.5, 0.6) is 0 Å². The number of H-pyrrole nitrogens is 1. The van der Waals surface area contributed by atoms with E-state index in [1.165, 1.54) is 0 Å². The van der Waals surface area contributed by atoms with Crippen LogP contribution in [0, 0.1) is 0 Å². The summed E-state index contributed by atoms with van der Waals surface area (Å²) in [6.07, 6.45) is 2.41. The highest BCUT2D eigenvalue weighted by Crippen LogP contribution is 2.37. The van der Waals surface area contributed by atoms with Gasteiger partial charge in [-0.2, -0.15) is 11.8 Å². The molecule has 2 aromatic carbocycles. The highest BCUT2D eigenvalue weighted by atomic mass is 35.5. The molecule has 4 nitrogen and oxygen atoms in total. The van der Waals surface area contributed by atoms with E-state index in [0.29, 0.717) is 18.7 Å². The van der Waals surface area contributed by atoms with E-state index in [4.69, 9.17) is 11.6 Å². The lowest BCUT2D eigenvalue weighted by Gasteiger charge is -2.19. The Hall–Kier alpha value is -2.24. The first-order valence-electron chi connectivity index (χ1n) is 8.91. The number of hydrogen-bond acceptors (Lipinski definition) is 3. The van der Waals surface area contributed by atoms with Crippen molar-refractivity contribution in [3.8, 4) is 0 Å². The van der Waals surface area contributed by atoms with Gasteiger partial charge >= 0.3 is 0 Å². The lowest BCUT2D eigenvalue weighted by molar-refractivity contribution is -0.126. The molecule has 0 spiro atoms. The Kier molecular flexibility index (Phi) is 5.23. The number of amides is 1. The summed E-state index contributed by atoms with van der Waals surface area (Å²) in [7, 11) is 0. The number of rotatable bonds is 3. The van der Waals surface area contributed by atoms with Gasteiger partial charge < -0.3 is 9.88 Å². The zero-order valence-electron chi connectivity index (χ0n) is 14.7. The van der Waals surface area contributed by atoms with Crippen LogP contribution < -0.4 is 0 Å². The summed E-state index contributed by atoms with van der Waals surface area (Å²) in [5.41, 5.74) is 2.40. The summed E-state index contributed by atoms with van der Waals surface area (Å²) in [6.45, 7) is 1.12. The van der Waals surface area contributed by atoms with Crippen molar-refractivity contribution < 1.29 is 9.59 Å². The number of para-hydroxylation sites is 1. The SMILES string of the molecule is O=C(C(=O)N1CCSC(c2ccccc2Cl)CC1)c1c[nH]c2ccccc12. The van der Waals surface area contributed by atoms with Crippen molar-refractivity contribution in [3.05, 3.63) is 70.9 Å². The number of Topliss-reactive ketones (excluding diaryl/α,β-unsaturated/α-hetero) is 1. The third kappa shape index (κ3) is 3.62. The van der Waals surface area contributed by atoms with Gasteiger partial charge in [-0.1, -0.05) is 48.0 Å². The maximum atomic E-state index is 12.8. The molecular weight excluding hydrogens is 380 g/mol. The number of carbonyl (C=O) groups is 2. The molecule has 1 amide bonds. The molecule has 1 N–H and O–H groups in total. The minimum atomic E-state index is -0.450. The fourth-order valence-electron chi connectivity index (χ4n) is 3.48. The lowest BCUT2D eigenvalue weighted by atomic mass is 10.1. The van der Waals surface area contributed by atoms with Gasteiger partial charge in [0, 0.05) is 46.2 Å². The number of ketones is 1. The Balaban J connectivity index is 1.50. The summed E-state index contributed by atoms with van der Waals surface area (Å²) in [5.74, 6) is -0.100. The van der Waals surface area contributed by atoms with Gasteiger partial charge in [0.15, 0.2) is 0 Å². The molecule has 4 rings (SSSR count). The Morgan fingerprint density at radius 2 is 1.85 bits per heavy atom. The maximum absolute atomic E-state index is 12.8. The first-order valence-corrected chi connectivity index (χ1v) is 10.3. The number of nitrogens with one attached hydrogen (secondary N) is 1. The maximum Gasteiger partial charge on any atom is 0.295 e. The summed E-state index contributed by atoms with van der Waals surface area (Å²) >= 11 is 8.12. The number of thioether (sulfide) groups is 1. The van der Waals surface area contributed by atoms with Crippen LogP contribution in [0.15, 0.2) is 54.7 Å². The van der Waals surface area contributed by atoms with Crippen LogP contribution >= 0.6 is 23.4 Å². The first kappa shape index (κ1) is 18.1. The van der Waals surface area contributed by atoms with E-state index in [1.54, 1.807) is 22.9 Å². The fraction of sp³-hybridized carbons (Fsp3) is 0.238. The second-order valence-electron chi connectivity index (χ2n) is 6.54. The second-order valence-corrected chi connectivity index (χ2v) is 8.26. The quantitative estimate of drug-likeness (QED) is 0.513. The van der Waals surface area contributed by atoms with Crippen molar-refractivity contribution in [3.63, 3.8) is 0 Å². The smallest absolute Gasteiger partial charge is 0.295 e. The minimum Gasteiger partial charge on any atom is -0.360 e. The van der Waals surface area contributed by atoms with Gasteiger partial charge in [0.1, 0.15) is 0 Å². The number of halogens is 1. The van der Waals surface area contributed by atoms with Gasteiger partial charge in [-0.3, -0.25) is 9.59 Å². The molecule has 138 valence electrons. The Morgan fingerprint density at radius 3 is 2.70 bits per heavy atom. The van der Waals surface area contributed by atoms with Gasteiger partial charge in [0.2, 0.25) is 0 Å². The van der Waals surface area contributed by atoms with Crippen molar-refractivity contribution in [2.75, 3.05) is 18.8 Å². The van der Waals surface area contributed by atoms with Crippen LogP contribution in [-0.4, -0.2) is 40.4 Å². The van der Waals surface area contributed by atoms with E-state index in [-0.39, 0.29) is 5.25 Å². The molecule has 3 aromatic rings. The van der Waals surface area contributed by atoms with Crippen molar-refractivity contribution in [2.45, 2.75) is 11.7 Å². The van der Waals surface area contributed by atoms with E-state index in [9.17, 15) is 9.59 Å². The largest absolute Gasteiger partial charge is 0.360 e. The van der Waals surface area contributed by atoms with Crippen molar-refractivity contribution in [1.82, 2.24) is 9.88 Å². The van der Waals surface area contributed by atoms with Crippen LogP contribution in [0.4, 0.5) is 0 Å². The average molecular weight is 399 g/mol. The summed E-state index contributed by atoms with van der Waals surface area (Å²) in [5, 5.41) is 1.78. The molecule has 1 aliphatic heterocycles. The molecule has 0 radical (unpaired) electrons. The van der Waals surface area contributed by atoms with E-state index in [2.05, 4.69) is 4.98 Å². The lowest BCUT2D eigenvalue weighted by Crippen LogP contribution is -2.38. The number of carbonyl (C=O) groups excluding carboxylic acids is 2. The Bertz CT molecular complexity index is 1000. The molecule has 27 heavy (non-hydrogen) atoms. The number of benzene rings is 2. The van der Waals surface area contributed by atoms with Gasteiger partial charge in [0.05, 0.1) is 5.56 Å². The molecule has 0 saturated carbocycles. The predicted octanol–water partition coefficient (Wildman–Crippen LogP) is 4.71.